The highest BCUT2D eigenvalue weighted by atomic mass is 16.2. The van der Waals surface area contributed by atoms with E-state index in [4.69, 9.17) is 5.73 Å². The van der Waals surface area contributed by atoms with E-state index in [1.54, 1.807) is 0 Å². The summed E-state index contributed by atoms with van der Waals surface area (Å²) in [6.45, 7) is 3.87. The number of likely N-dealkylation sites (tertiary alicyclic amines) is 1. The van der Waals surface area contributed by atoms with Crippen molar-refractivity contribution in [3.8, 4) is 0 Å². The van der Waals surface area contributed by atoms with Crippen LogP contribution in [0.3, 0.4) is 0 Å². The number of nitrogen functional groups attached to an aromatic ring is 1. The van der Waals surface area contributed by atoms with Crippen molar-refractivity contribution in [2.24, 2.45) is 11.8 Å². The SMILES string of the molecule is CCC(=O)N1CC2CC(c3ccc(N)cc3)C2C1. The Kier molecular flexibility index (Phi) is 2.77. The van der Waals surface area contributed by atoms with Crippen LogP contribution in [-0.4, -0.2) is 23.9 Å². The summed E-state index contributed by atoms with van der Waals surface area (Å²) in [6, 6.07) is 8.24. The van der Waals surface area contributed by atoms with Crippen molar-refractivity contribution in [1.82, 2.24) is 4.90 Å². The minimum atomic E-state index is 0.306. The highest BCUT2D eigenvalue weighted by molar-refractivity contribution is 5.76. The zero-order valence-corrected chi connectivity index (χ0v) is 10.8. The van der Waals surface area contributed by atoms with Gasteiger partial charge in [-0.05, 0) is 41.9 Å². The first-order valence-electron chi connectivity index (χ1n) is 6.82. The molecule has 96 valence electrons. The number of nitrogens with zero attached hydrogens (tertiary/aromatic N) is 1. The lowest BCUT2D eigenvalue weighted by molar-refractivity contribution is -0.129. The summed E-state index contributed by atoms with van der Waals surface area (Å²) in [5, 5.41) is 0. The van der Waals surface area contributed by atoms with Crippen LogP contribution in [0.4, 0.5) is 5.69 Å². The minimum Gasteiger partial charge on any atom is -0.399 e. The number of rotatable bonds is 2. The molecule has 1 aliphatic heterocycles. The van der Waals surface area contributed by atoms with E-state index in [2.05, 4.69) is 12.1 Å². The van der Waals surface area contributed by atoms with Crippen LogP contribution in [0, 0.1) is 11.8 Å². The molecular weight excluding hydrogens is 224 g/mol. The fraction of sp³-hybridized carbons (Fsp3) is 0.533. The molecule has 1 aromatic carbocycles. The number of carbonyl (C=O) groups excluding carboxylic acids is 1. The van der Waals surface area contributed by atoms with E-state index in [9.17, 15) is 4.79 Å². The molecule has 0 aromatic heterocycles. The molecule has 3 nitrogen and oxygen atoms in total. The van der Waals surface area contributed by atoms with Gasteiger partial charge in [-0.3, -0.25) is 4.79 Å². The summed E-state index contributed by atoms with van der Waals surface area (Å²) < 4.78 is 0. The maximum Gasteiger partial charge on any atom is 0.222 e. The molecule has 3 unspecified atom stereocenters. The Balaban J connectivity index is 1.69. The minimum absolute atomic E-state index is 0.306. The molecule has 1 heterocycles. The zero-order chi connectivity index (χ0) is 12.7. The normalized spacial score (nSPS) is 29.8. The predicted molar refractivity (Wildman–Crippen MR) is 72.1 cm³/mol. The second-order valence-corrected chi connectivity index (χ2v) is 5.59. The molecule has 2 aliphatic rings. The fourth-order valence-electron chi connectivity index (χ4n) is 3.46. The molecule has 3 heteroatoms. The number of anilines is 1. The molecule has 1 saturated carbocycles. The number of fused-ring (bicyclic) bond motifs is 1. The Morgan fingerprint density at radius 3 is 2.72 bits per heavy atom. The van der Waals surface area contributed by atoms with E-state index in [-0.39, 0.29) is 0 Å². The Morgan fingerprint density at radius 1 is 1.33 bits per heavy atom. The first kappa shape index (κ1) is 11.6. The molecule has 1 amide bonds. The van der Waals surface area contributed by atoms with Crippen LogP contribution in [0.15, 0.2) is 24.3 Å². The lowest BCUT2D eigenvalue weighted by Crippen LogP contribution is -2.33. The van der Waals surface area contributed by atoms with E-state index >= 15 is 0 Å². The van der Waals surface area contributed by atoms with Gasteiger partial charge in [0, 0.05) is 25.2 Å². The fourth-order valence-corrected chi connectivity index (χ4v) is 3.46. The summed E-state index contributed by atoms with van der Waals surface area (Å²) >= 11 is 0. The highest BCUT2D eigenvalue weighted by Gasteiger charge is 2.48. The van der Waals surface area contributed by atoms with Crippen molar-refractivity contribution < 1.29 is 4.79 Å². The van der Waals surface area contributed by atoms with Crippen LogP contribution in [-0.2, 0) is 4.79 Å². The molecule has 18 heavy (non-hydrogen) atoms. The average molecular weight is 244 g/mol. The second-order valence-electron chi connectivity index (χ2n) is 5.59. The lowest BCUT2D eigenvalue weighted by atomic mass is 9.64. The standard InChI is InChI=1S/C15H20N2O/c1-2-15(18)17-8-11-7-13(14(11)9-17)10-3-5-12(16)6-4-10/h3-6,11,13-14H,2,7-9,16H2,1H3. The quantitative estimate of drug-likeness (QED) is 0.811. The van der Waals surface area contributed by atoms with E-state index in [0.29, 0.717) is 24.2 Å². The number of benzene rings is 1. The van der Waals surface area contributed by atoms with E-state index < -0.39 is 0 Å². The van der Waals surface area contributed by atoms with E-state index in [0.717, 1.165) is 24.7 Å². The molecule has 2 fully saturated rings. The lowest BCUT2D eigenvalue weighted by Gasteiger charge is -2.39. The van der Waals surface area contributed by atoms with Gasteiger partial charge in [0.2, 0.25) is 5.91 Å². The van der Waals surface area contributed by atoms with Gasteiger partial charge in [-0.25, -0.2) is 0 Å². The topological polar surface area (TPSA) is 46.3 Å². The Labute approximate surface area is 108 Å². The predicted octanol–water partition coefficient (Wildman–Crippen LogP) is 2.24. The highest BCUT2D eigenvalue weighted by Crippen LogP contribution is 2.51. The Morgan fingerprint density at radius 2 is 2.06 bits per heavy atom. The number of carbonyl (C=O) groups is 1. The first-order valence-corrected chi connectivity index (χ1v) is 6.82. The monoisotopic (exact) mass is 244 g/mol. The van der Waals surface area contributed by atoms with Gasteiger partial charge < -0.3 is 10.6 Å². The van der Waals surface area contributed by atoms with Gasteiger partial charge in [-0.1, -0.05) is 19.1 Å². The second kappa shape index (κ2) is 4.30. The molecule has 1 saturated heterocycles. The molecule has 2 N–H and O–H groups in total. The smallest absolute Gasteiger partial charge is 0.222 e. The van der Waals surface area contributed by atoms with Crippen LogP contribution in [0.1, 0.15) is 31.2 Å². The van der Waals surface area contributed by atoms with Crippen LogP contribution in [0.2, 0.25) is 0 Å². The van der Waals surface area contributed by atoms with E-state index in [1.165, 1.54) is 12.0 Å². The summed E-state index contributed by atoms with van der Waals surface area (Å²) in [7, 11) is 0. The van der Waals surface area contributed by atoms with Gasteiger partial charge >= 0.3 is 0 Å². The molecule has 0 bridgehead atoms. The summed E-state index contributed by atoms with van der Waals surface area (Å²) in [5.74, 6) is 2.33. The van der Waals surface area contributed by atoms with Gasteiger partial charge in [0.25, 0.3) is 0 Å². The van der Waals surface area contributed by atoms with Crippen molar-refractivity contribution in [1.29, 1.82) is 0 Å². The van der Waals surface area contributed by atoms with Crippen LogP contribution in [0.25, 0.3) is 0 Å². The molecule has 1 aliphatic carbocycles. The largest absolute Gasteiger partial charge is 0.399 e. The summed E-state index contributed by atoms with van der Waals surface area (Å²) in [5.41, 5.74) is 7.93. The maximum absolute atomic E-state index is 11.7. The number of amides is 1. The first-order chi connectivity index (χ1) is 8.69. The van der Waals surface area contributed by atoms with E-state index in [1.807, 2.05) is 24.0 Å². The molecule has 1 aromatic rings. The van der Waals surface area contributed by atoms with Gasteiger partial charge in [0.05, 0.1) is 0 Å². The Bertz CT molecular complexity index is 454. The zero-order valence-electron chi connectivity index (χ0n) is 10.8. The summed E-state index contributed by atoms with van der Waals surface area (Å²) in [6.07, 6.45) is 1.86. The number of nitrogens with two attached hydrogens (primary N) is 1. The molecular formula is C15H20N2O. The maximum atomic E-state index is 11.7. The molecule has 3 atom stereocenters. The Hall–Kier alpha value is -1.51. The summed E-state index contributed by atoms with van der Waals surface area (Å²) in [4.78, 5) is 13.8. The van der Waals surface area contributed by atoms with Crippen molar-refractivity contribution in [3.05, 3.63) is 29.8 Å². The van der Waals surface area contributed by atoms with Crippen molar-refractivity contribution >= 4 is 11.6 Å². The molecule has 3 rings (SSSR count). The van der Waals surface area contributed by atoms with Crippen molar-refractivity contribution in [2.45, 2.75) is 25.7 Å². The number of hydrogen-bond donors (Lipinski definition) is 1. The average Bonchev–Trinajstić information content (AvgIpc) is 2.69. The number of hydrogen-bond acceptors (Lipinski definition) is 2. The van der Waals surface area contributed by atoms with Crippen molar-refractivity contribution in [2.75, 3.05) is 18.8 Å². The third-order valence-electron chi connectivity index (χ3n) is 4.58. The van der Waals surface area contributed by atoms with Gasteiger partial charge in [-0.2, -0.15) is 0 Å². The van der Waals surface area contributed by atoms with Gasteiger partial charge in [0.15, 0.2) is 0 Å². The molecule has 0 radical (unpaired) electrons. The van der Waals surface area contributed by atoms with Crippen LogP contribution >= 0.6 is 0 Å². The van der Waals surface area contributed by atoms with Crippen LogP contribution < -0.4 is 5.73 Å². The third kappa shape index (κ3) is 1.78. The van der Waals surface area contributed by atoms with Gasteiger partial charge in [-0.15, -0.1) is 0 Å². The van der Waals surface area contributed by atoms with Crippen molar-refractivity contribution in [3.63, 3.8) is 0 Å². The molecule has 0 spiro atoms. The van der Waals surface area contributed by atoms with Crippen LogP contribution in [0.5, 0.6) is 0 Å². The third-order valence-corrected chi connectivity index (χ3v) is 4.58. The van der Waals surface area contributed by atoms with Gasteiger partial charge in [0.1, 0.15) is 0 Å².